The Hall–Kier alpha value is -1.79. The Morgan fingerprint density at radius 3 is 3.11 bits per heavy atom. The first-order valence-electron chi connectivity index (χ1n) is 5.93. The van der Waals surface area contributed by atoms with Gasteiger partial charge >= 0.3 is 0 Å². The molecule has 1 amide bonds. The third-order valence-corrected chi connectivity index (χ3v) is 3.42. The van der Waals surface area contributed by atoms with Gasteiger partial charge in [-0.1, -0.05) is 6.08 Å². The van der Waals surface area contributed by atoms with Crippen molar-refractivity contribution in [2.75, 3.05) is 20.6 Å². The molecule has 0 saturated heterocycles. The third-order valence-electron chi connectivity index (χ3n) is 2.39. The molecule has 0 bridgehead atoms. The number of nitrogens with one attached hydrogen (secondary N) is 1. The van der Waals surface area contributed by atoms with E-state index in [1.54, 1.807) is 29.8 Å². The summed E-state index contributed by atoms with van der Waals surface area (Å²) in [4.78, 5) is 22.0. The highest BCUT2D eigenvalue weighted by Crippen LogP contribution is 2.20. The minimum Gasteiger partial charge on any atom is -0.346 e. The van der Waals surface area contributed by atoms with Crippen LogP contribution < -0.4 is 5.32 Å². The molecule has 2 aromatic rings. The van der Waals surface area contributed by atoms with Crippen molar-refractivity contribution in [3.63, 3.8) is 0 Å². The van der Waals surface area contributed by atoms with Crippen LogP contribution >= 0.6 is 11.3 Å². The monoisotopic (exact) mass is 276 g/mol. The highest BCUT2D eigenvalue weighted by molar-refractivity contribution is 7.18. The standard InChI is InChI=1S/C13H16N4OS/c1-17(2)7-3-4-12(18)15-9-13-16-10-8-14-6-5-11(10)19-13/h3-6,8H,7,9H2,1-2H3,(H,15,18)/b4-3+. The maximum Gasteiger partial charge on any atom is 0.244 e. The van der Waals surface area contributed by atoms with E-state index in [4.69, 9.17) is 0 Å². The van der Waals surface area contributed by atoms with Crippen LogP contribution in [0.4, 0.5) is 0 Å². The molecule has 0 unspecified atom stereocenters. The maximum atomic E-state index is 11.6. The number of pyridine rings is 1. The van der Waals surface area contributed by atoms with Crippen molar-refractivity contribution < 1.29 is 4.79 Å². The van der Waals surface area contributed by atoms with E-state index in [0.717, 1.165) is 21.8 Å². The van der Waals surface area contributed by atoms with Crippen LogP contribution in [0.1, 0.15) is 5.01 Å². The van der Waals surface area contributed by atoms with Crippen LogP contribution in [-0.2, 0) is 11.3 Å². The number of nitrogens with zero attached hydrogens (tertiary/aromatic N) is 3. The molecular weight excluding hydrogens is 260 g/mol. The van der Waals surface area contributed by atoms with Crippen LogP contribution in [0.25, 0.3) is 10.2 Å². The predicted octanol–water partition coefficient (Wildman–Crippen LogP) is 1.43. The number of carbonyl (C=O) groups is 1. The SMILES string of the molecule is CN(C)C/C=C/C(=O)NCc1nc2cnccc2s1. The average Bonchev–Trinajstić information content (AvgIpc) is 2.78. The number of carbonyl (C=O) groups excluding carboxylic acids is 1. The van der Waals surface area contributed by atoms with Crippen LogP contribution in [0.15, 0.2) is 30.6 Å². The van der Waals surface area contributed by atoms with Gasteiger partial charge in [-0.25, -0.2) is 4.98 Å². The van der Waals surface area contributed by atoms with E-state index in [2.05, 4.69) is 15.3 Å². The lowest BCUT2D eigenvalue weighted by Crippen LogP contribution is -2.20. The van der Waals surface area contributed by atoms with Crippen molar-refractivity contribution in [3.05, 3.63) is 35.6 Å². The molecule has 19 heavy (non-hydrogen) atoms. The molecule has 6 heteroatoms. The quantitative estimate of drug-likeness (QED) is 0.839. The fourth-order valence-corrected chi connectivity index (χ4v) is 2.37. The van der Waals surface area contributed by atoms with Crippen molar-refractivity contribution >= 4 is 27.5 Å². The maximum absolute atomic E-state index is 11.6. The second-order valence-corrected chi connectivity index (χ2v) is 5.45. The Balaban J connectivity index is 1.88. The summed E-state index contributed by atoms with van der Waals surface area (Å²) in [5, 5.41) is 3.70. The molecule has 0 fully saturated rings. The predicted molar refractivity (Wildman–Crippen MR) is 77.0 cm³/mol. The molecule has 5 nitrogen and oxygen atoms in total. The summed E-state index contributed by atoms with van der Waals surface area (Å²) in [5.41, 5.74) is 0.875. The molecule has 1 N–H and O–H groups in total. The molecule has 0 radical (unpaired) electrons. The minimum absolute atomic E-state index is 0.0979. The average molecular weight is 276 g/mol. The molecule has 0 aliphatic heterocycles. The Bertz CT molecular complexity index is 558. The van der Waals surface area contributed by atoms with Gasteiger partial charge in [0.25, 0.3) is 0 Å². The Morgan fingerprint density at radius 1 is 1.53 bits per heavy atom. The van der Waals surface area contributed by atoms with Crippen LogP contribution in [0.3, 0.4) is 0 Å². The van der Waals surface area contributed by atoms with E-state index in [0.29, 0.717) is 6.54 Å². The number of fused-ring (bicyclic) bond motifs is 1. The molecule has 0 atom stereocenters. The molecule has 2 aromatic heterocycles. The zero-order valence-electron chi connectivity index (χ0n) is 11.0. The number of thiazole rings is 1. The normalized spacial score (nSPS) is 11.5. The van der Waals surface area contributed by atoms with Gasteiger partial charge in [-0.2, -0.15) is 0 Å². The van der Waals surface area contributed by atoms with Crippen molar-refractivity contribution in [2.45, 2.75) is 6.54 Å². The van der Waals surface area contributed by atoms with E-state index >= 15 is 0 Å². The summed E-state index contributed by atoms with van der Waals surface area (Å²) >= 11 is 1.57. The summed E-state index contributed by atoms with van der Waals surface area (Å²) in [5.74, 6) is -0.0979. The van der Waals surface area contributed by atoms with E-state index in [-0.39, 0.29) is 5.91 Å². The lowest BCUT2D eigenvalue weighted by Gasteiger charge is -2.03. The van der Waals surface area contributed by atoms with E-state index in [1.165, 1.54) is 0 Å². The van der Waals surface area contributed by atoms with E-state index < -0.39 is 0 Å². The second kappa shape index (κ2) is 6.40. The third kappa shape index (κ3) is 4.11. The van der Waals surface area contributed by atoms with Gasteiger partial charge in [0.05, 0.1) is 23.0 Å². The van der Waals surface area contributed by atoms with Crippen LogP contribution in [0.5, 0.6) is 0 Å². The van der Waals surface area contributed by atoms with Crippen LogP contribution in [-0.4, -0.2) is 41.4 Å². The Kier molecular flexibility index (Phi) is 4.59. The molecule has 0 saturated carbocycles. The van der Waals surface area contributed by atoms with Crippen LogP contribution in [0.2, 0.25) is 0 Å². The summed E-state index contributed by atoms with van der Waals surface area (Å²) in [6, 6.07) is 1.93. The molecule has 100 valence electrons. The summed E-state index contributed by atoms with van der Waals surface area (Å²) < 4.78 is 1.09. The van der Waals surface area contributed by atoms with Gasteiger partial charge < -0.3 is 10.2 Å². The molecular formula is C13H16N4OS. The lowest BCUT2D eigenvalue weighted by atomic mass is 10.4. The van der Waals surface area contributed by atoms with Crippen molar-refractivity contribution in [1.29, 1.82) is 0 Å². The van der Waals surface area contributed by atoms with E-state index in [9.17, 15) is 4.79 Å². The van der Waals surface area contributed by atoms with Gasteiger partial charge in [0, 0.05) is 18.8 Å². The van der Waals surface area contributed by atoms with Crippen molar-refractivity contribution in [1.82, 2.24) is 20.2 Å². The van der Waals surface area contributed by atoms with Gasteiger partial charge in [-0.15, -0.1) is 11.3 Å². The summed E-state index contributed by atoms with van der Waals surface area (Å²) in [6.45, 7) is 1.20. The largest absolute Gasteiger partial charge is 0.346 e. The Morgan fingerprint density at radius 2 is 2.37 bits per heavy atom. The first-order valence-corrected chi connectivity index (χ1v) is 6.75. The number of amides is 1. The number of aromatic nitrogens is 2. The fraction of sp³-hybridized carbons (Fsp3) is 0.308. The highest BCUT2D eigenvalue weighted by Gasteiger charge is 2.04. The topological polar surface area (TPSA) is 58.1 Å². The van der Waals surface area contributed by atoms with Gasteiger partial charge in [-0.3, -0.25) is 9.78 Å². The van der Waals surface area contributed by atoms with Crippen molar-refractivity contribution in [2.24, 2.45) is 0 Å². The molecule has 0 aromatic carbocycles. The molecule has 2 rings (SSSR count). The van der Waals surface area contributed by atoms with Crippen LogP contribution in [0, 0.1) is 0 Å². The summed E-state index contributed by atoms with van der Waals surface area (Å²) in [6.07, 6.45) is 6.85. The van der Waals surface area contributed by atoms with E-state index in [1.807, 2.05) is 31.1 Å². The van der Waals surface area contributed by atoms with Gasteiger partial charge in [0.15, 0.2) is 0 Å². The molecule has 0 aliphatic carbocycles. The number of rotatable bonds is 5. The van der Waals surface area contributed by atoms with Crippen molar-refractivity contribution in [3.8, 4) is 0 Å². The first kappa shape index (κ1) is 13.6. The van der Waals surface area contributed by atoms with Gasteiger partial charge in [0.1, 0.15) is 5.01 Å². The number of likely N-dealkylation sites (N-methyl/N-ethyl adjacent to an activating group) is 1. The number of hydrogen-bond donors (Lipinski definition) is 1. The zero-order chi connectivity index (χ0) is 13.7. The smallest absolute Gasteiger partial charge is 0.244 e. The van der Waals surface area contributed by atoms with Gasteiger partial charge in [0.2, 0.25) is 5.91 Å². The first-order chi connectivity index (χ1) is 9.15. The summed E-state index contributed by atoms with van der Waals surface area (Å²) in [7, 11) is 3.91. The van der Waals surface area contributed by atoms with Gasteiger partial charge in [-0.05, 0) is 20.2 Å². The Labute approximate surface area is 116 Å². The zero-order valence-corrected chi connectivity index (χ0v) is 11.8. The molecule has 0 aliphatic rings. The fourth-order valence-electron chi connectivity index (χ4n) is 1.50. The second-order valence-electron chi connectivity index (χ2n) is 4.33. The molecule has 2 heterocycles. The highest BCUT2D eigenvalue weighted by atomic mass is 32.1. The molecule has 0 spiro atoms. The lowest BCUT2D eigenvalue weighted by molar-refractivity contribution is -0.116. The number of hydrogen-bond acceptors (Lipinski definition) is 5. The minimum atomic E-state index is -0.0979.